The van der Waals surface area contributed by atoms with E-state index < -0.39 is 16.0 Å². The Balaban J connectivity index is 2.31. The zero-order valence-electron chi connectivity index (χ0n) is 11.8. The molecular weight excluding hydrogens is 312 g/mol. The molecule has 8 heteroatoms. The Hall–Kier alpha value is -1.64. The number of aromatic carboxylic acids is 1. The molecule has 6 nitrogen and oxygen atoms in total. The van der Waals surface area contributed by atoms with Gasteiger partial charge in [-0.15, -0.1) is 11.3 Å². The molecule has 1 atom stereocenters. The van der Waals surface area contributed by atoms with Crippen LogP contribution in [0.3, 0.4) is 0 Å². The number of aryl methyl sites for hydroxylation is 1. The lowest BCUT2D eigenvalue weighted by molar-refractivity contribution is 0.0691. The molecule has 0 saturated carbocycles. The SMILES string of the molecule is Cc1ccc(C(C)N(C)S(=O)(=O)c2c[nH]c(C(=O)O)c2)s1. The van der Waals surface area contributed by atoms with E-state index in [9.17, 15) is 13.2 Å². The van der Waals surface area contributed by atoms with E-state index in [0.29, 0.717) is 0 Å². The van der Waals surface area contributed by atoms with Gasteiger partial charge in [-0.25, -0.2) is 13.2 Å². The molecule has 0 aliphatic carbocycles. The number of H-pyrrole nitrogens is 1. The van der Waals surface area contributed by atoms with Gasteiger partial charge in [0.05, 0.1) is 6.04 Å². The number of hydrogen-bond acceptors (Lipinski definition) is 4. The Kier molecular flexibility index (Phi) is 4.22. The molecule has 0 radical (unpaired) electrons. The molecule has 21 heavy (non-hydrogen) atoms. The van der Waals surface area contributed by atoms with E-state index >= 15 is 0 Å². The normalized spacial score (nSPS) is 13.5. The van der Waals surface area contributed by atoms with Crippen LogP contribution in [0.1, 0.15) is 33.2 Å². The first-order valence-corrected chi connectivity index (χ1v) is 8.45. The van der Waals surface area contributed by atoms with E-state index in [2.05, 4.69) is 4.98 Å². The van der Waals surface area contributed by atoms with Gasteiger partial charge in [-0.05, 0) is 32.0 Å². The van der Waals surface area contributed by atoms with Gasteiger partial charge in [0.25, 0.3) is 0 Å². The van der Waals surface area contributed by atoms with Gasteiger partial charge in [0.1, 0.15) is 10.6 Å². The Labute approximate surface area is 127 Å². The molecular formula is C13H16N2O4S2. The van der Waals surface area contributed by atoms with E-state index in [1.165, 1.54) is 28.9 Å². The maximum absolute atomic E-state index is 12.5. The average molecular weight is 328 g/mol. The minimum Gasteiger partial charge on any atom is -0.477 e. The first-order chi connectivity index (χ1) is 9.73. The summed E-state index contributed by atoms with van der Waals surface area (Å²) in [7, 11) is -2.26. The first kappa shape index (κ1) is 15.7. The summed E-state index contributed by atoms with van der Waals surface area (Å²) in [4.78, 5) is 15.3. The van der Waals surface area contributed by atoms with Gasteiger partial charge in [0.2, 0.25) is 10.0 Å². The number of aromatic amines is 1. The van der Waals surface area contributed by atoms with Crippen LogP contribution in [0.2, 0.25) is 0 Å². The fraction of sp³-hybridized carbons (Fsp3) is 0.308. The zero-order chi connectivity index (χ0) is 15.8. The van der Waals surface area contributed by atoms with Crippen LogP contribution in [0, 0.1) is 6.92 Å². The molecule has 0 bridgehead atoms. The van der Waals surface area contributed by atoms with Crippen LogP contribution in [-0.2, 0) is 10.0 Å². The van der Waals surface area contributed by atoms with Crippen molar-refractivity contribution in [3.63, 3.8) is 0 Å². The molecule has 0 fully saturated rings. The lowest BCUT2D eigenvalue weighted by Crippen LogP contribution is -2.29. The molecule has 1 unspecified atom stereocenters. The van der Waals surface area contributed by atoms with Crippen LogP contribution in [0.15, 0.2) is 29.3 Å². The van der Waals surface area contributed by atoms with E-state index in [1.54, 1.807) is 6.92 Å². The Morgan fingerprint density at radius 1 is 1.43 bits per heavy atom. The molecule has 2 aromatic heterocycles. The molecule has 2 aromatic rings. The van der Waals surface area contributed by atoms with E-state index in [1.807, 2.05) is 19.1 Å². The second kappa shape index (κ2) is 5.63. The third-order valence-electron chi connectivity index (χ3n) is 3.28. The third kappa shape index (κ3) is 3.02. The maximum atomic E-state index is 12.5. The summed E-state index contributed by atoms with van der Waals surface area (Å²) < 4.78 is 26.3. The third-order valence-corrected chi connectivity index (χ3v) is 6.36. The van der Waals surface area contributed by atoms with Crippen molar-refractivity contribution in [3.8, 4) is 0 Å². The van der Waals surface area contributed by atoms with Gasteiger partial charge in [0, 0.05) is 23.0 Å². The number of carboxylic acids is 1. The lowest BCUT2D eigenvalue weighted by atomic mass is 10.3. The number of carboxylic acid groups (broad SMARTS) is 1. The smallest absolute Gasteiger partial charge is 0.352 e. The Bertz CT molecular complexity index is 761. The Morgan fingerprint density at radius 2 is 2.10 bits per heavy atom. The minimum atomic E-state index is -3.74. The van der Waals surface area contributed by atoms with Crippen molar-refractivity contribution in [2.45, 2.75) is 24.8 Å². The van der Waals surface area contributed by atoms with E-state index in [-0.39, 0.29) is 16.6 Å². The van der Waals surface area contributed by atoms with Crippen LogP contribution >= 0.6 is 11.3 Å². The molecule has 0 aliphatic heterocycles. The second-order valence-electron chi connectivity index (χ2n) is 4.70. The average Bonchev–Trinajstić information content (AvgIpc) is 3.05. The highest BCUT2D eigenvalue weighted by Crippen LogP contribution is 2.30. The van der Waals surface area contributed by atoms with Crippen LogP contribution in [0.5, 0.6) is 0 Å². The number of thiophene rings is 1. The number of sulfonamides is 1. The van der Waals surface area contributed by atoms with Crippen molar-refractivity contribution in [1.82, 2.24) is 9.29 Å². The zero-order valence-corrected chi connectivity index (χ0v) is 13.5. The molecule has 2 heterocycles. The van der Waals surface area contributed by atoms with Gasteiger partial charge in [-0.3, -0.25) is 0 Å². The highest BCUT2D eigenvalue weighted by Gasteiger charge is 2.28. The number of rotatable bonds is 5. The quantitative estimate of drug-likeness (QED) is 0.882. The van der Waals surface area contributed by atoms with Crippen molar-refractivity contribution < 1.29 is 18.3 Å². The molecule has 0 amide bonds. The van der Waals surface area contributed by atoms with Crippen molar-refractivity contribution in [3.05, 3.63) is 39.8 Å². The van der Waals surface area contributed by atoms with Crippen LogP contribution in [0.4, 0.5) is 0 Å². The summed E-state index contributed by atoms with van der Waals surface area (Å²) in [5.41, 5.74) is -0.151. The van der Waals surface area contributed by atoms with Gasteiger partial charge >= 0.3 is 5.97 Å². The monoisotopic (exact) mass is 328 g/mol. The van der Waals surface area contributed by atoms with Crippen molar-refractivity contribution in [2.75, 3.05) is 7.05 Å². The number of carbonyl (C=O) groups is 1. The number of aromatic nitrogens is 1. The van der Waals surface area contributed by atoms with Gasteiger partial charge < -0.3 is 10.1 Å². The minimum absolute atomic E-state index is 0.0532. The van der Waals surface area contributed by atoms with Gasteiger partial charge in [0.15, 0.2) is 0 Å². The summed E-state index contributed by atoms with van der Waals surface area (Å²) in [6.45, 7) is 3.76. The van der Waals surface area contributed by atoms with Gasteiger partial charge in [-0.2, -0.15) is 4.31 Å². The van der Waals surface area contributed by atoms with Crippen LogP contribution < -0.4 is 0 Å². The maximum Gasteiger partial charge on any atom is 0.352 e. The van der Waals surface area contributed by atoms with Crippen molar-refractivity contribution in [2.24, 2.45) is 0 Å². The van der Waals surface area contributed by atoms with Crippen LogP contribution in [0.25, 0.3) is 0 Å². The van der Waals surface area contributed by atoms with E-state index in [4.69, 9.17) is 5.11 Å². The fourth-order valence-corrected chi connectivity index (χ4v) is 4.25. The summed E-state index contributed by atoms with van der Waals surface area (Å²) in [5, 5.41) is 8.85. The first-order valence-electron chi connectivity index (χ1n) is 6.19. The summed E-state index contributed by atoms with van der Waals surface area (Å²) >= 11 is 1.54. The van der Waals surface area contributed by atoms with Crippen molar-refractivity contribution >= 4 is 27.3 Å². The number of nitrogens with zero attached hydrogens (tertiary/aromatic N) is 1. The standard InChI is InChI=1S/C13H16N2O4S2/c1-8-4-5-12(20-8)9(2)15(3)21(18,19)10-6-11(13(16)17)14-7-10/h4-7,9,14H,1-3H3,(H,16,17). The topological polar surface area (TPSA) is 90.5 Å². The molecule has 2 N–H and O–H groups in total. The van der Waals surface area contributed by atoms with E-state index in [0.717, 1.165) is 15.8 Å². The summed E-state index contributed by atoms with van der Waals surface area (Å²) in [5.74, 6) is -1.19. The fourth-order valence-electron chi connectivity index (χ4n) is 1.88. The van der Waals surface area contributed by atoms with Gasteiger partial charge in [-0.1, -0.05) is 0 Å². The second-order valence-corrected chi connectivity index (χ2v) is 8.02. The molecule has 0 aliphatic rings. The number of nitrogens with one attached hydrogen (secondary N) is 1. The molecule has 0 saturated heterocycles. The summed E-state index contributed by atoms with van der Waals surface area (Å²) in [6.07, 6.45) is 1.20. The Morgan fingerprint density at radius 3 is 2.57 bits per heavy atom. The number of hydrogen-bond donors (Lipinski definition) is 2. The highest BCUT2D eigenvalue weighted by atomic mass is 32.2. The van der Waals surface area contributed by atoms with Crippen molar-refractivity contribution in [1.29, 1.82) is 0 Å². The molecule has 0 spiro atoms. The molecule has 2 rings (SSSR count). The van der Waals surface area contributed by atoms with Crippen LogP contribution in [-0.4, -0.2) is 35.8 Å². The predicted octanol–water partition coefficient (Wildman–Crippen LogP) is 2.46. The highest BCUT2D eigenvalue weighted by molar-refractivity contribution is 7.89. The molecule has 0 aromatic carbocycles. The lowest BCUT2D eigenvalue weighted by Gasteiger charge is -2.22. The summed E-state index contributed by atoms with van der Waals surface area (Å²) in [6, 6.07) is 4.64. The molecule has 114 valence electrons. The largest absolute Gasteiger partial charge is 0.477 e. The predicted molar refractivity (Wildman–Crippen MR) is 80.2 cm³/mol.